The molecule has 3 heteroatoms. The summed E-state index contributed by atoms with van der Waals surface area (Å²) in [5, 5.41) is 12.5. The highest BCUT2D eigenvalue weighted by molar-refractivity contribution is 6.26. The highest BCUT2D eigenvalue weighted by Crippen LogP contribution is 2.48. The molecular weight excluding hydrogens is 392 g/mol. The second-order valence-electron chi connectivity index (χ2n) is 8.63. The van der Waals surface area contributed by atoms with Gasteiger partial charge in [0.1, 0.15) is 6.07 Å². The van der Waals surface area contributed by atoms with E-state index in [1.807, 2.05) is 30.3 Å². The van der Waals surface area contributed by atoms with Gasteiger partial charge in [0.05, 0.1) is 16.8 Å². The second-order valence-corrected chi connectivity index (χ2v) is 8.63. The predicted octanol–water partition coefficient (Wildman–Crippen LogP) is 6.58. The molecule has 2 aliphatic rings. The van der Waals surface area contributed by atoms with Crippen molar-refractivity contribution in [1.29, 1.82) is 5.26 Å². The molecule has 0 unspecified atom stereocenters. The van der Waals surface area contributed by atoms with E-state index in [2.05, 4.69) is 53.4 Å². The molecule has 1 saturated heterocycles. The molecule has 1 aliphatic carbocycles. The van der Waals surface area contributed by atoms with Gasteiger partial charge in [0.25, 0.3) is 0 Å². The molecule has 6 rings (SSSR count). The largest absolute Gasteiger partial charge is 0.370 e. The van der Waals surface area contributed by atoms with Crippen molar-refractivity contribution in [3.05, 3.63) is 89.5 Å². The molecule has 3 nitrogen and oxygen atoms in total. The fourth-order valence-electron chi connectivity index (χ4n) is 5.38. The Kier molecular flexibility index (Phi) is 4.33. The lowest BCUT2D eigenvalue weighted by atomic mass is 9.87. The first-order valence-electron chi connectivity index (χ1n) is 11.3. The molecule has 1 aliphatic heterocycles. The maximum absolute atomic E-state index is 13.6. The summed E-state index contributed by atoms with van der Waals surface area (Å²) < 4.78 is 0. The topological polar surface area (TPSA) is 44.1 Å². The van der Waals surface area contributed by atoms with E-state index in [0.717, 1.165) is 59.3 Å². The van der Waals surface area contributed by atoms with Crippen LogP contribution in [0.15, 0.2) is 72.8 Å². The van der Waals surface area contributed by atoms with Crippen LogP contribution in [0.5, 0.6) is 0 Å². The van der Waals surface area contributed by atoms with Crippen molar-refractivity contribution in [2.75, 3.05) is 18.0 Å². The summed E-state index contributed by atoms with van der Waals surface area (Å²) in [4.78, 5) is 15.9. The van der Waals surface area contributed by atoms with Crippen molar-refractivity contribution in [3.63, 3.8) is 0 Å². The lowest BCUT2D eigenvalue weighted by molar-refractivity contribution is 0.104. The second kappa shape index (κ2) is 7.35. The number of hydrogen-bond donors (Lipinski definition) is 0. The molecule has 4 aromatic carbocycles. The lowest BCUT2D eigenvalue weighted by Crippen LogP contribution is -2.30. The number of nitrogens with zero attached hydrogens (tertiary/aromatic N) is 2. The molecule has 32 heavy (non-hydrogen) atoms. The standard InChI is InChI=1S/C29H22N2O/c30-18-25-26(31-15-6-1-7-16-31)17-24(21-14-8-10-19-9-2-3-11-20(19)21)27-22-12-4-5-13-23(22)29(32)28(25)27/h2-5,8-14,17H,1,6-7,15-16H2. The number of hydrogen-bond acceptors (Lipinski definition) is 3. The Morgan fingerprint density at radius 1 is 0.719 bits per heavy atom. The van der Waals surface area contributed by atoms with Crippen LogP contribution in [0.25, 0.3) is 33.0 Å². The van der Waals surface area contributed by atoms with E-state index in [0.29, 0.717) is 16.7 Å². The summed E-state index contributed by atoms with van der Waals surface area (Å²) in [6.45, 7) is 1.84. The number of carbonyl (C=O) groups excluding carboxylic acids is 1. The maximum atomic E-state index is 13.6. The third-order valence-electron chi connectivity index (χ3n) is 6.86. The van der Waals surface area contributed by atoms with Gasteiger partial charge in [0, 0.05) is 24.2 Å². The van der Waals surface area contributed by atoms with Gasteiger partial charge in [-0.25, -0.2) is 0 Å². The molecule has 0 aromatic heterocycles. The van der Waals surface area contributed by atoms with Gasteiger partial charge < -0.3 is 4.90 Å². The molecule has 0 bridgehead atoms. The third-order valence-corrected chi connectivity index (χ3v) is 6.86. The van der Waals surface area contributed by atoms with Crippen LogP contribution in [0, 0.1) is 11.3 Å². The fourth-order valence-corrected chi connectivity index (χ4v) is 5.38. The molecule has 0 radical (unpaired) electrons. The summed E-state index contributed by atoms with van der Waals surface area (Å²) in [6, 6.07) is 27.0. The van der Waals surface area contributed by atoms with Crippen molar-refractivity contribution in [1.82, 2.24) is 0 Å². The van der Waals surface area contributed by atoms with Crippen molar-refractivity contribution in [2.24, 2.45) is 0 Å². The van der Waals surface area contributed by atoms with E-state index in [1.165, 1.54) is 11.8 Å². The minimum absolute atomic E-state index is 0.0347. The Balaban J connectivity index is 1.73. The third kappa shape index (κ3) is 2.70. The fraction of sp³-hybridized carbons (Fsp3) is 0.172. The van der Waals surface area contributed by atoms with Crippen LogP contribution in [-0.2, 0) is 0 Å². The van der Waals surface area contributed by atoms with Crippen LogP contribution < -0.4 is 4.90 Å². The van der Waals surface area contributed by atoms with Crippen molar-refractivity contribution in [2.45, 2.75) is 19.3 Å². The van der Waals surface area contributed by atoms with Gasteiger partial charge in [0.15, 0.2) is 5.78 Å². The van der Waals surface area contributed by atoms with Crippen molar-refractivity contribution in [3.8, 4) is 28.3 Å². The van der Waals surface area contributed by atoms with Gasteiger partial charge in [-0.05, 0) is 52.8 Å². The Morgan fingerprint density at radius 3 is 2.22 bits per heavy atom. The highest BCUT2D eigenvalue weighted by atomic mass is 16.1. The number of carbonyl (C=O) groups is 1. The molecule has 0 amide bonds. The molecule has 1 fully saturated rings. The van der Waals surface area contributed by atoms with Gasteiger partial charge in [0.2, 0.25) is 0 Å². The molecule has 0 spiro atoms. The van der Waals surface area contributed by atoms with Gasteiger partial charge in [-0.15, -0.1) is 0 Å². The number of anilines is 1. The van der Waals surface area contributed by atoms with Crippen LogP contribution in [0.1, 0.15) is 40.7 Å². The molecule has 4 aromatic rings. The van der Waals surface area contributed by atoms with Crippen LogP contribution in [0.2, 0.25) is 0 Å². The SMILES string of the molecule is N#Cc1c(N2CCCCC2)cc(-c2cccc3ccccc23)c2c1C(=O)c1ccccc1-2. The molecule has 154 valence electrons. The normalized spacial score (nSPS) is 14.8. The van der Waals surface area contributed by atoms with E-state index < -0.39 is 0 Å². The molecule has 1 heterocycles. The zero-order valence-corrected chi connectivity index (χ0v) is 17.8. The first-order valence-corrected chi connectivity index (χ1v) is 11.3. The Bertz CT molecular complexity index is 1430. The Morgan fingerprint density at radius 2 is 1.41 bits per heavy atom. The van der Waals surface area contributed by atoms with E-state index in [1.54, 1.807) is 0 Å². The molecular formula is C29H22N2O. The number of fused-ring (bicyclic) bond motifs is 4. The highest BCUT2D eigenvalue weighted by Gasteiger charge is 2.34. The zero-order valence-electron chi connectivity index (χ0n) is 17.8. The van der Waals surface area contributed by atoms with Crippen molar-refractivity contribution < 1.29 is 4.79 Å². The Labute approximate surface area is 187 Å². The summed E-state index contributed by atoms with van der Waals surface area (Å²) in [7, 11) is 0. The minimum Gasteiger partial charge on any atom is -0.370 e. The van der Waals surface area contributed by atoms with E-state index >= 15 is 0 Å². The number of benzene rings is 4. The number of rotatable bonds is 2. The van der Waals surface area contributed by atoms with Gasteiger partial charge in [-0.2, -0.15) is 5.26 Å². The summed E-state index contributed by atoms with van der Waals surface area (Å²) in [5.41, 5.74) is 6.65. The first kappa shape index (κ1) is 18.8. The van der Waals surface area contributed by atoms with Crippen LogP contribution in [0.3, 0.4) is 0 Å². The zero-order chi connectivity index (χ0) is 21.7. The van der Waals surface area contributed by atoms with Gasteiger partial charge in [-0.1, -0.05) is 66.7 Å². The lowest BCUT2D eigenvalue weighted by Gasteiger charge is -2.31. The first-order chi connectivity index (χ1) is 15.8. The molecule has 0 saturated carbocycles. The quantitative estimate of drug-likeness (QED) is 0.328. The summed E-state index contributed by atoms with van der Waals surface area (Å²) in [6.07, 6.45) is 3.43. The summed E-state index contributed by atoms with van der Waals surface area (Å²) >= 11 is 0. The van der Waals surface area contributed by atoms with Crippen LogP contribution in [-0.4, -0.2) is 18.9 Å². The smallest absolute Gasteiger partial charge is 0.195 e. The van der Waals surface area contributed by atoms with Crippen LogP contribution >= 0.6 is 0 Å². The molecule has 0 N–H and O–H groups in total. The Hall–Kier alpha value is -3.90. The van der Waals surface area contributed by atoms with Gasteiger partial charge in [-0.3, -0.25) is 4.79 Å². The number of nitriles is 1. The van der Waals surface area contributed by atoms with E-state index in [-0.39, 0.29) is 5.78 Å². The van der Waals surface area contributed by atoms with Crippen molar-refractivity contribution >= 4 is 22.2 Å². The van der Waals surface area contributed by atoms with Gasteiger partial charge >= 0.3 is 0 Å². The maximum Gasteiger partial charge on any atom is 0.195 e. The number of ketones is 1. The average Bonchev–Trinajstić information content (AvgIpc) is 3.16. The monoisotopic (exact) mass is 414 g/mol. The minimum atomic E-state index is -0.0347. The number of piperidine rings is 1. The summed E-state index contributed by atoms with van der Waals surface area (Å²) in [5.74, 6) is -0.0347. The predicted molar refractivity (Wildman–Crippen MR) is 129 cm³/mol. The molecule has 0 atom stereocenters. The average molecular weight is 415 g/mol. The van der Waals surface area contributed by atoms with E-state index in [4.69, 9.17) is 0 Å². The van der Waals surface area contributed by atoms with E-state index in [9.17, 15) is 10.1 Å². The van der Waals surface area contributed by atoms with Crippen LogP contribution in [0.4, 0.5) is 5.69 Å².